The Balaban J connectivity index is 2.78. The van der Waals surface area contributed by atoms with Gasteiger partial charge in [0.05, 0.1) is 5.69 Å². The first-order valence-electron chi connectivity index (χ1n) is 5.88. The molecule has 0 N–H and O–H groups in total. The normalized spacial score (nSPS) is 12.6. The number of imidazole rings is 1. The van der Waals surface area contributed by atoms with Gasteiger partial charge in [0.15, 0.2) is 0 Å². The van der Waals surface area contributed by atoms with E-state index in [4.69, 9.17) is 4.98 Å². The van der Waals surface area contributed by atoms with Crippen LogP contribution in [0.4, 0.5) is 0 Å². The van der Waals surface area contributed by atoms with Gasteiger partial charge in [0, 0.05) is 17.3 Å². The summed E-state index contributed by atoms with van der Waals surface area (Å²) in [6.45, 7) is 11.1. The minimum Gasteiger partial charge on any atom is -0.304 e. The molecule has 2 rings (SSSR count). The topological polar surface area (TPSA) is 17.3 Å². The molecule has 0 fully saturated rings. The number of hydrogen-bond donors (Lipinski definition) is 0. The van der Waals surface area contributed by atoms with Gasteiger partial charge >= 0.3 is 0 Å². The molecule has 0 saturated carbocycles. The number of rotatable bonds is 1. The molecular weight excluding hydrogens is 196 g/mol. The molecular formula is C14H20N2. The third-order valence-corrected chi connectivity index (χ3v) is 2.82. The second kappa shape index (κ2) is 3.62. The first-order valence-corrected chi connectivity index (χ1v) is 5.88. The second-order valence-corrected chi connectivity index (χ2v) is 5.68. The quantitative estimate of drug-likeness (QED) is 0.709. The third kappa shape index (κ3) is 1.73. The van der Waals surface area contributed by atoms with Crippen LogP contribution in [0.15, 0.2) is 24.4 Å². The van der Waals surface area contributed by atoms with Gasteiger partial charge in [-0.3, -0.25) is 0 Å². The van der Waals surface area contributed by atoms with Gasteiger partial charge in [0.2, 0.25) is 0 Å². The molecule has 0 radical (unpaired) electrons. The minimum absolute atomic E-state index is 0.103. The molecule has 0 saturated heterocycles. The van der Waals surface area contributed by atoms with E-state index in [0.29, 0.717) is 5.92 Å². The highest BCUT2D eigenvalue weighted by Gasteiger charge is 2.24. The maximum absolute atomic E-state index is 4.77. The molecule has 86 valence electrons. The van der Waals surface area contributed by atoms with Crippen molar-refractivity contribution in [3.63, 3.8) is 0 Å². The van der Waals surface area contributed by atoms with Crippen LogP contribution in [0.1, 0.15) is 51.9 Å². The molecule has 0 aliphatic heterocycles. The molecule has 0 aromatic carbocycles. The molecule has 2 heterocycles. The van der Waals surface area contributed by atoms with Gasteiger partial charge in [-0.15, -0.1) is 0 Å². The van der Waals surface area contributed by atoms with Gasteiger partial charge < -0.3 is 4.40 Å². The van der Waals surface area contributed by atoms with Gasteiger partial charge in [0.1, 0.15) is 5.65 Å². The molecule has 0 aliphatic rings. The Morgan fingerprint density at radius 3 is 2.44 bits per heavy atom. The Hall–Kier alpha value is -1.31. The highest BCUT2D eigenvalue weighted by molar-refractivity contribution is 5.45. The Labute approximate surface area is 97.3 Å². The summed E-state index contributed by atoms with van der Waals surface area (Å²) < 4.78 is 2.21. The molecule has 0 spiro atoms. The van der Waals surface area contributed by atoms with E-state index >= 15 is 0 Å². The third-order valence-electron chi connectivity index (χ3n) is 2.82. The second-order valence-electron chi connectivity index (χ2n) is 5.68. The molecule has 0 aliphatic carbocycles. The zero-order chi connectivity index (χ0) is 11.9. The summed E-state index contributed by atoms with van der Waals surface area (Å²) in [5.74, 6) is 0.492. The van der Waals surface area contributed by atoms with E-state index in [0.717, 1.165) is 5.65 Å². The largest absolute Gasteiger partial charge is 0.304 e. The summed E-state index contributed by atoms with van der Waals surface area (Å²) in [6.07, 6.45) is 2.10. The SMILES string of the molecule is CC(C)c1c(C(C)(C)C)nc2ccccn12. The van der Waals surface area contributed by atoms with Crippen molar-refractivity contribution in [3.05, 3.63) is 35.8 Å². The lowest BCUT2D eigenvalue weighted by Crippen LogP contribution is -2.15. The summed E-state index contributed by atoms with van der Waals surface area (Å²) >= 11 is 0. The van der Waals surface area contributed by atoms with Crippen LogP contribution in [0, 0.1) is 0 Å². The van der Waals surface area contributed by atoms with E-state index in [1.54, 1.807) is 0 Å². The Kier molecular flexibility index (Phi) is 2.53. The smallest absolute Gasteiger partial charge is 0.137 e. The Morgan fingerprint density at radius 2 is 1.88 bits per heavy atom. The maximum atomic E-state index is 4.77. The van der Waals surface area contributed by atoms with Crippen LogP contribution < -0.4 is 0 Å². The Morgan fingerprint density at radius 1 is 1.19 bits per heavy atom. The lowest BCUT2D eigenvalue weighted by molar-refractivity contribution is 0.557. The van der Waals surface area contributed by atoms with Crippen molar-refractivity contribution in [3.8, 4) is 0 Å². The molecule has 2 aromatic heterocycles. The van der Waals surface area contributed by atoms with E-state index in [-0.39, 0.29) is 5.41 Å². The highest BCUT2D eigenvalue weighted by atomic mass is 15.0. The molecule has 2 nitrogen and oxygen atoms in total. The van der Waals surface area contributed by atoms with Crippen molar-refractivity contribution < 1.29 is 0 Å². The minimum atomic E-state index is 0.103. The van der Waals surface area contributed by atoms with Crippen LogP contribution in [-0.2, 0) is 5.41 Å². The number of hydrogen-bond acceptors (Lipinski definition) is 1. The first-order chi connectivity index (χ1) is 7.41. The average Bonchev–Trinajstić information content (AvgIpc) is 2.55. The van der Waals surface area contributed by atoms with Crippen LogP contribution in [0.2, 0.25) is 0 Å². The van der Waals surface area contributed by atoms with Crippen LogP contribution in [0.25, 0.3) is 5.65 Å². The fourth-order valence-corrected chi connectivity index (χ4v) is 2.12. The van der Waals surface area contributed by atoms with Gasteiger partial charge in [-0.25, -0.2) is 4.98 Å². The lowest BCUT2D eigenvalue weighted by atomic mass is 9.88. The number of fused-ring (bicyclic) bond motifs is 1. The lowest BCUT2D eigenvalue weighted by Gasteiger charge is -2.19. The summed E-state index contributed by atoms with van der Waals surface area (Å²) in [6, 6.07) is 6.17. The fraction of sp³-hybridized carbons (Fsp3) is 0.500. The van der Waals surface area contributed by atoms with Crippen molar-refractivity contribution in [2.45, 2.75) is 46.0 Å². The molecule has 2 heteroatoms. The van der Waals surface area contributed by atoms with Gasteiger partial charge in [-0.2, -0.15) is 0 Å². The number of nitrogens with zero attached hydrogens (tertiary/aromatic N) is 2. The van der Waals surface area contributed by atoms with Crippen LogP contribution in [0.3, 0.4) is 0 Å². The van der Waals surface area contributed by atoms with Gasteiger partial charge in [0.25, 0.3) is 0 Å². The number of pyridine rings is 1. The van der Waals surface area contributed by atoms with Crippen molar-refractivity contribution in [2.24, 2.45) is 0 Å². The molecule has 16 heavy (non-hydrogen) atoms. The maximum Gasteiger partial charge on any atom is 0.137 e. The fourth-order valence-electron chi connectivity index (χ4n) is 2.12. The van der Waals surface area contributed by atoms with E-state index in [1.807, 2.05) is 6.07 Å². The van der Waals surface area contributed by atoms with Crippen molar-refractivity contribution in [1.82, 2.24) is 9.38 Å². The summed E-state index contributed by atoms with van der Waals surface area (Å²) in [4.78, 5) is 4.77. The standard InChI is InChI=1S/C14H20N2/c1-10(2)12-13(14(3,4)5)15-11-8-6-7-9-16(11)12/h6-10H,1-5H3. The first kappa shape index (κ1) is 11.2. The van der Waals surface area contributed by atoms with Crippen molar-refractivity contribution in [1.29, 1.82) is 0 Å². The molecule has 0 atom stereocenters. The monoisotopic (exact) mass is 216 g/mol. The predicted octanol–water partition coefficient (Wildman–Crippen LogP) is 3.76. The van der Waals surface area contributed by atoms with Crippen LogP contribution >= 0.6 is 0 Å². The summed E-state index contributed by atoms with van der Waals surface area (Å²) in [5, 5.41) is 0. The van der Waals surface area contributed by atoms with E-state index < -0.39 is 0 Å². The Bertz CT molecular complexity index is 501. The summed E-state index contributed by atoms with van der Waals surface area (Å²) in [5.41, 5.74) is 3.71. The van der Waals surface area contributed by atoms with Gasteiger partial charge in [-0.05, 0) is 18.1 Å². The van der Waals surface area contributed by atoms with Gasteiger partial charge in [-0.1, -0.05) is 40.7 Å². The van der Waals surface area contributed by atoms with Crippen molar-refractivity contribution in [2.75, 3.05) is 0 Å². The molecule has 0 amide bonds. The van der Waals surface area contributed by atoms with Crippen molar-refractivity contribution >= 4 is 5.65 Å². The van der Waals surface area contributed by atoms with E-state index in [2.05, 4.69) is 57.3 Å². The zero-order valence-electron chi connectivity index (χ0n) is 10.8. The summed E-state index contributed by atoms with van der Waals surface area (Å²) in [7, 11) is 0. The van der Waals surface area contributed by atoms with E-state index in [9.17, 15) is 0 Å². The number of aromatic nitrogens is 2. The highest BCUT2D eigenvalue weighted by Crippen LogP contribution is 2.30. The van der Waals surface area contributed by atoms with Crippen LogP contribution in [0.5, 0.6) is 0 Å². The van der Waals surface area contributed by atoms with Crippen LogP contribution in [-0.4, -0.2) is 9.38 Å². The molecule has 0 unspecified atom stereocenters. The predicted molar refractivity (Wildman–Crippen MR) is 68.0 cm³/mol. The van der Waals surface area contributed by atoms with E-state index in [1.165, 1.54) is 11.4 Å². The molecule has 0 bridgehead atoms. The molecule has 2 aromatic rings. The average molecular weight is 216 g/mol. The zero-order valence-corrected chi connectivity index (χ0v) is 10.8.